The fraction of sp³-hybridized carbons (Fsp3) is 0.520. The van der Waals surface area contributed by atoms with Gasteiger partial charge < -0.3 is 34.3 Å². The van der Waals surface area contributed by atoms with Crippen LogP contribution in [0, 0.1) is 5.92 Å². The van der Waals surface area contributed by atoms with E-state index in [0.29, 0.717) is 23.6 Å². The standard InChI is InChI=1S/C25H31ClO7/c1-15(13-27)23-22(28)24(29)25(30-2,33-23)18-5-8-21(26)17(12-18)11-16-3-6-19(7-4-16)32-20-9-10-31-14-20/h3-8,12,15,20,22-24,27-29H,9-11,13-14H2,1-2H3/t15-,20+,22+,23?,24-,25?/m1/s1. The van der Waals surface area contributed by atoms with Crippen molar-refractivity contribution in [3.05, 3.63) is 64.2 Å². The summed E-state index contributed by atoms with van der Waals surface area (Å²) in [4.78, 5) is 0. The summed E-state index contributed by atoms with van der Waals surface area (Å²) >= 11 is 6.49. The number of hydrogen-bond acceptors (Lipinski definition) is 7. The van der Waals surface area contributed by atoms with E-state index in [1.165, 1.54) is 7.11 Å². The van der Waals surface area contributed by atoms with Crippen molar-refractivity contribution in [1.82, 2.24) is 0 Å². The van der Waals surface area contributed by atoms with E-state index in [-0.39, 0.29) is 18.6 Å². The second-order valence-electron chi connectivity index (χ2n) is 8.78. The third-order valence-corrected chi connectivity index (χ3v) is 6.84. The smallest absolute Gasteiger partial charge is 0.224 e. The molecule has 0 amide bonds. The molecule has 2 aliphatic heterocycles. The van der Waals surface area contributed by atoms with Crippen LogP contribution >= 0.6 is 11.6 Å². The Morgan fingerprint density at radius 3 is 2.58 bits per heavy atom. The molecule has 0 spiro atoms. The molecule has 180 valence electrons. The molecule has 0 bridgehead atoms. The van der Waals surface area contributed by atoms with E-state index in [1.807, 2.05) is 30.3 Å². The highest BCUT2D eigenvalue weighted by Gasteiger charge is 2.57. The minimum Gasteiger partial charge on any atom is -0.488 e. The monoisotopic (exact) mass is 478 g/mol. The largest absolute Gasteiger partial charge is 0.488 e. The SMILES string of the molecule is COC1(c2ccc(Cl)c(Cc3ccc(O[C@H]4CCOC4)cc3)c2)OC([C@H](C)CO)[C@H](O)[C@H]1O. The van der Waals surface area contributed by atoms with E-state index in [2.05, 4.69) is 0 Å². The lowest BCUT2D eigenvalue weighted by atomic mass is 9.92. The molecule has 0 aliphatic carbocycles. The van der Waals surface area contributed by atoms with E-state index in [4.69, 9.17) is 30.5 Å². The zero-order valence-corrected chi connectivity index (χ0v) is 19.6. The summed E-state index contributed by atoms with van der Waals surface area (Å²) < 4.78 is 22.9. The molecule has 4 rings (SSSR count). The fourth-order valence-electron chi connectivity index (χ4n) is 4.46. The van der Waals surface area contributed by atoms with Crippen molar-refractivity contribution >= 4 is 11.6 Å². The van der Waals surface area contributed by atoms with Gasteiger partial charge in [0.15, 0.2) is 0 Å². The molecule has 33 heavy (non-hydrogen) atoms. The van der Waals surface area contributed by atoms with Gasteiger partial charge in [-0.2, -0.15) is 0 Å². The van der Waals surface area contributed by atoms with Gasteiger partial charge in [0.25, 0.3) is 0 Å². The summed E-state index contributed by atoms with van der Waals surface area (Å²) in [7, 11) is 1.42. The van der Waals surface area contributed by atoms with Gasteiger partial charge in [0.2, 0.25) is 5.79 Å². The highest BCUT2D eigenvalue weighted by Crippen LogP contribution is 2.43. The first-order chi connectivity index (χ1) is 15.9. The minimum absolute atomic E-state index is 0.0952. The Kier molecular flexibility index (Phi) is 7.60. The lowest BCUT2D eigenvalue weighted by Gasteiger charge is -2.32. The Balaban J connectivity index is 1.55. The quantitative estimate of drug-likeness (QED) is 0.536. The Hall–Kier alpha value is -1.71. The molecular formula is C25H31ClO7. The van der Waals surface area contributed by atoms with E-state index >= 15 is 0 Å². The molecule has 0 saturated carbocycles. The molecule has 2 aromatic rings. The maximum atomic E-state index is 10.8. The number of aliphatic hydroxyl groups excluding tert-OH is 3. The Morgan fingerprint density at radius 2 is 1.94 bits per heavy atom. The predicted octanol–water partition coefficient (Wildman–Crippen LogP) is 2.65. The van der Waals surface area contributed by atoms with Crippen molar-refractivity contribution < 1.29 is 34.3 Å². The maximum absolute atomic E-state index is 10.8. The van der Waals surface area contributed by atoms with Crippen molar-refractivity contribution in [2.45, 2.75) is 50.0 Å². The molecular weight excluding hydrogens is 448 g/mol. The number of benzene rings is 2. The van der Waals surface area contributed by atoms with Crippen LogP contribution in [0.5, 0.6) is 5.75 Å². The second kappa shape index (κ2) is 10.3. The first-order valence-corrected chi connectivity index (χ1v) is 11.6. The summed E-state index contributed by atoms with van der Waals surface area (Å²) in [5, 5.41) is 31.5. The van der Waals surface area contributed by atoms with Gasteiger partial charge in [-0.3, -0.25) is 0 Å². The van der Waals surface area contributed by atoms with Gasteiger partial charge in [-0.1, -0.05) is 36.7 Å². The molecule has 7 nitrogen and oxygen atoms in total. The van der Waals surface area contributed by atoms with Gasteiger partial charge >= 0.3 is 0 Å². The topological polar surface area (TPSA) is 97.6 Å². The van der Waals surface area contributed by atoms with E-state index in [1.54, 1.807) is 19.1 Å². The molecule has 2 unspecified atom stereocenters. The molecule has 2 heterocycles. The van der Waals surface area contributed by atoms with Gasteiger partial charge in [-0.15, -0.1) is 0 Å². The molecule has 2 fully saturated rings. The second-order valence-corrected chi connectivity index (χ2v) is 9.19. The Morgan fingerprint density at radius 1 is 1.18 bits per heavy atom. The molecule has 2 saturated heterocycles. The van der Waals surface area contributed by atoms with Crippen molar-refractivity contribution in [3.8, 4) is 5.75 Å². The molecule has 6 atom stereocenters. The van der Waals surface area contributed by atoms with Crippen LogP contribution in [-0.4, -0.2) is 66.7 Å². The average molecular weight is 479 g/mol. The van der Waals surface area contributed by atoms with Gasteiger partial charge in [0.05, 0.1) is 19.3 Å². The van der Waals surface area contributed by atoms with E-state index in [9.17, 15) is 15.3 Å². The van der Waals surface area contributed by atoms with Crippen LogP contribution in [0.2, 0.25) is 5.02 Å². The molecule has 2 aliphatic rings. The van der Waals surface area contributed by atoms with Crippen LogP contribution in [0.1, 0.15) is 30.0 Å². The van der Waals surface area contributed by atoms with Crippen molar-refractivity contribution in [2.24, 2.45) is 5.92 Å². The normalized spacial score (nSPS) is 30.5. The third kappa shape index (κ3) is 4.91. The van der Waals surface area contributed by atoms with Gasteiger partial charge in [0.1, 0.15) is 24.1 Å². The van der Waals surface area contributed by atoms with Crippen molar-refractivity contribution in [3.63, 3.8) is 0 Å². The number of rotatable bonds is 8. The Labute approximate surface area is 198 Å². The molecule has 0 aromatic heterocycles. The summed E-state index contributed by atoms with van der Waals surface area (Å²) in [6.07, 6.45) is -1.77. The van der Waals surface area contributed by atoms with E-state index < -0.39 is 24.1 Å². The number of ether oxygens (including phenoxy) is 4. The zero-order chi connectivity index (χ0) is 23.6. The summed E-state index contributed by atoms with van der Waals surface area (Å²) in [5.74, 6) is -1.14. The first kappa shape index (κ1) is 24.4. The number of hydrogen-bond donors (Lipinski definition) is 3. The van der Waals surface area contributed by atoms with Gasteiger partial charge in [-0.05, 0) is 41.8 Å². The van der Waals surface area contributed by atoms with Crippen LogP contribution in [-0.2, 0) is 26.4 Å². The van der Waals surface area contributed by atoms with Crippen LogP contribution in [0.25, 0.3) is 0 Å². The lowest BCUT2D eigenvalue weighted by Crippen LogP contribution is -2.42. The van der Waals surface area contributed by atoms with Gasteiger partial charge in [-0.25, -0.2) is 0 Å². The molecule has 3 N–H and O–H groups in total. The highest BCUT2D eigenvalue weighted by atomic mass is 35.5. The van der Waals surface area contributed by atoms with Crippen LogP contribution in [0.3, 0.4) is 0 Å². The maximum Gasteiger partial charge on any atom is 0.224 e. The molecule has 2 aromatic carbocycles. The lowest BCUT2D eigenvalue weighted by molar-refractivity contribution is -0.259. The molecule has 0 radical (unpaired) electrons. The molecule has 8 heteroatoms. The van der Waals surface area contributed by atoms with Gasteiger partial charge in [0, 0.05) is 36.6 Å². The van der Waals surface area contributed by atoms with Crippen molar-refractivity contribution in [1.29, 1.82) is 0 Å². The average Bonchev–Trinajstić information content (AvgIpc) is 3.43. The summed E-state index contributed by atoms with van der Waals surface area (Å²) in [5.41, 5.74) is 2.41. The summed E-state index contributed by atoms with van der Waals surface area (Å²) in [6.45, 7) is 2.90. The first-order valence-electron chi connectivity index (χ1n) is 11.2. The van der Waals surface area contributed by atoms with E-state index in [0.717, 1.165) is 29.9 Å². The third-order valence-electron chi connectivity index (χ3n) is 6.47. The number of methoxy groups -OCH3 is 1. The van der Waals surface area contributed by atoms with Crippen molar-refractivity contribution in [2.75, 3.05) is 26.9 Å². The number of halogens is 1. The highest BCUT2D eigenvalue weighted by molar-refractivity contribution is 6.31. The predicted molar refractivity (Wildman–Crippen MR) is 122 cm³/mol. The fourth-order valence-corrected chi connectivity index (χ4v) is 4.64. The minimum atomic E-state index is -1.56. The summed E-state index contributed by atoms with van der Waals surface area (Å²) in [6, 6.07) is 13.1. The Bertz CT molecular complexity index is 931. The van der Waals surface area contributed by atoms with Crippen LogP contribution < -0.4 is 4.74 Å². The number of aliphatic hydroxyl groups is 3. The van der Waals surface area contributed by atoms with Crippen LogP contribution in [0.15, 0.2) is 42.5 Å². The zero-order valence-electron chi connectivity index (χ0n) is 18.8. The van der Waals surface area contributed by atoms with Crippen LogP contribution in [0.4, 0.5) is 0 Å².